The van der Waals surface area contributed by atoms with Crippen molar-refractivity contribution in [2.24, 2.45) is 0 Å². The minimum absolute atomic E-state index is 0.159. The van der Waals surface area contributed by atoms with E-state index in [1.807, 2.05) is 20.8 Å². The second kappa shape index (κ2) is 5.73. The Bertz CT molecular complexity index is 535. The molecule has 0 aliphatic carbocycles. The lowest BCUT2D eigenvalue weighted by atomic mass is 9.96. The highest BCUT2D eigenvalue weighted by Crippen LogP contribution is 2.21. The lowest BCUT2D eigenvalue weighted by Gasteiger charge is -2.18. The van der Waals surface area contributed by atoms with E-state index in [0.717, 1.165) is 0 Å². The number of sulfone groups is 1. The van der Waals surface area contributed by atoms with Gasteiger partial charge in [-0.15, -0.1) is 0 Å². The van der Waals surface area contributed by atoms with Gasteiger partial charge in [-0.3, -0.25) is 0 Å². The lowest BCUT2D eigenvalue weighted by molar-refractivity contribution is 0.547. The molecule has 0 saturated carbocycles. The number of nitrogens with one attached hydrogen (secondary N) is 1. The molecule has 108 valence electrons. The molecule has 7 heteroatoms. The van der Waals surface area contributed by atoms with E-state index < -0.39 is 9.84 Å². The predicted molar refractivity (Wildman–Crippen MR) is 78.0 cm³/mol. The highest BCUT2D eigenvalue weighted by molar-refractivity contribution is 7.90. The monoisotopic (exact) mass is 286 g/mol. The maximum Gasteiger partial charge on any atom is 0.147 e. The number of hydrogen-bond donors (Lipinski definition) is 2. The highest BCUT2D eigenvalue weighted by Gasteiger charge is 2.18. The fourth-order valence-electron chi connectivity index (χ4n) is 1.44. The third kappa shape index (κ3) is 5.87. The van der Waals surface area contributed by atoms with Crippen LogP contribution in [0.2, 0.25) is 0 Å². The van der Waals surface area contributed by atoms with E-state index in [-0.39, 0.29) is 11.2 Å². The minimum atomic E-state index is -2.92. The van der Waals surface area contributed by atoms with Crippen molar-refractivity contribution in [2.75, 3.05) is 29.6 Å². The summed E-state index contributed by atoms with van der Waals surface area (Å²) in [5.41, 5.74) is 5.56. The lowest BCUT2D eigenvalue weighted by Crippen LogP contribution is -2.18. The van der Waals surface area contributed by atoms with E-state index in [4.69, 9.17) is 5.73 Å². The number of hydrogen-bond acceptors (Lipinski definition) is 6. The molecule has 1 aromatic rings. The molecule has 0 radical (unpaired) electrons. The highest BCUT2D eigenvalue weighted by atomic mass is 32.2. The van der Waals surface area contributed by atoms with Crippen LogP contribution in [0.1, 0.15) is 33.0 Å². The quantitative estimate of drug-likeness (QED) is 0.789. The zero-order valence-electron chi connectivity index (χ0n) is 11.9. The van der Waals surface area contributed by atoms with Crippen molar-refractivity contribution >= 4 is 21.5 Å². The van der Waals surface area contributed by atoms with Crippen LogP contribution >= 0.6 is 0 Å². The number of rotatable bonds is 5. The van der Waals surface area contributed by atoms with Gasteiger partial charge in [-0.1, -0.05) is 20.8 Å². The Hall–Kier alpha value is -1.37. The molecule has 0 amide bonds. The molecule has 0 spiro atoms. The van der Waals surface area contributed by atoms with Crippen molar-refractivity contribution in [1.82, 2.24) is 9.97 Å². The molecule has 1 aromatic heterocycles. The summed E-state index contributed by atoms with van der Waals surface area (Å²) in [4.78, 5) is 8.59. The van der Waals surface area contributed by atoms with Crippen molar-refractivity contribution in [2.45, 2.75) is 32.6 Å². The number of nitrogens with zero attached hydrogens (tertiary/aromatic N) is 2. The molecule has 3 N–H and O–H groups in total. The molecule has 1 rings (SSSR count). The van der Waals surface area contributed by atoms with Gasteiger partial charge in [0.2, 0.25) is 0 Å². The van der Waals surface area contributed by atoms with Crippen LogP contribution in [0.15, 0.2) is 6.07 Å². The van der Waals surface area contributed by atoms with Crippen LogP contribution in [0, 0.1) is 0 Å². The third-order valence-electron chi connectivity index (χ3n) is 2.41. The van der Waals surface area contributed by atoms with Gasteiger partial charge < -0.3 is 11.1 Å². The Labute approximate surface area is 114 Å². The first-order chi connectivity index (χ1) is 8.58. The van der Waals surface area contributed by atoms with Crippen molar-refractivity contribution in [3.05, 3.63) is 11.9 Å². The van der Waals surface area contributed by atoms with Crippen LogP contribution in [-0.4, -0.2) is 36.9 Å². The Morgan fingerprint density at radius 3 is 2.47 bits per heavy atom. The Morgan fingerprint density at radius 2 is 1.95 bits per heavy atom. The second-order valence-electron chi connectivity index (χ2n) is 5.66. The summed E-state index contributed by atoms with van der Waals surface area (Å²) in [6.45, 7) is 6.56. The fraction of sp³-hybridized carbons (Fsp3) is 0.667. The standard InChI is InChI=1S/C12H22N4O2S/c1-12(2,3)11-15-9(13)8-10(16-11)14-6-5-7-19(4,17)18/h8H,5-7H2,1-4H3,(H3,13,14,15,16). The van der Waals surface area contributed by atoms with Gasteiger partial charge in [-0.05, 0) is 6.42 Å². The summed E-state index contributed by atoms with van der Waals surface area (Å²) in [7, 11) is -2.92. The largest absolute Gasteiger partial charge is 0.384 e. The smallest absolute Gasteiger partial charge is 0.147 e. The van der Waals surface area contributed by atoms with E-state index >= 15 is 0 Å². The summed E-state index contributed by atoms with van der Waals surface area (Å²) in [6, 6.07) is 1.65. The molecule has 0 bridgehead atoms. The molecule has 0 fully saturated rings. The first-order valence-electron chi connectivity index (χ1n) is 6.14. The van der Waals surface area contributed by atoms with Gasteiger partial charge in [0.05, 0.1) is 5.75 Å². The number of aromatic nitrogens is 2. The van der Waals surface area contributed by atoms with Crippen LogP contribution in [0.25, 0.3) is 0 Å². The van der Waals surface area contributed by atoms with Crippen LogP contribution in [-0.2, 0) is 15.3 Å². The normalized spacial score (nSPS) is 12.4. The van der Waals surface area contributed by atoms with E-state index in [9.17, 15) is 8.42 Å². The minimum Gasteiger partial charge on any atom is -0.384 e. The van der Waals surface area contributed by atoms with E-state index in [2.05, 4.69) is 15.3 Å². The molecule has 0 aromatic carbocycles. The van der Waals surface area contributed by atoms with Gasteiger partial charge in [-0.2, -0.15) is 0 Å². The van der Waals surface area contributed by atoms with Crippen LogP contribution in [0.3, 0.4) is 0 Å². The number of anilines is 2. The van der Waals surface area contributed by atoms with Gasteiger partial charge in [0, 0.05) is 24.3 Å². The summed E-state index contributed by atoms with van der Waals surface area (Å²) in [5, 5.41) is 3.08. The Kier molecular flexibility index (Phi) is 4.73. The van der Waals surface area contributed by atoms with Gasteiger partial charge in [0.25, 0.3) is 0 Å². The molecule has 0 aliphatic heterocycles. The van der Waals surface area contributed by atoms with E-state index in [1.54, 1.807) is 6.07 Å². The second-order valence-corrected chi connectivity index (χ2v) is 7.92. The van der Waals surface area contributed by atoms with Crippen molar-refractivity contribution in [1.29, 1.82) is 0 Å². The molecule has 6 nitrogen and oxygen atoms in total. The first-order valence-corrected chi connectivity index (χ1v) is 8.20. The van der Waals surface area contributed by atoms with E-state index in [0.29, 0.717) is 30.4 Å². The fourth-order valence-corrected chi connectivity index (χ4v) is 2.11. The maximum atomic E-state index is 11.0. The topological polar surface area (TPSA) is 98.0 Å². The third-order valence-corrected chi connectivity index (χ3v) is 3.45. The summed E-state index contributed by atoms with van der Waals surface area (Å²) < 4.78 is 22.0. The molecular weight excluding hydrogens is 264 g/mol. The van der Waals surface area contributed by atoms with Crippen molar-refractivity contribution in [3.63, 3.8) is 0 Å². The van der Waals surface area contributed by atoms with Gasteiger partial charge in [0.1, 0.15) is 27.3 Å². The maximum absolute atomic E-state index is 11.0. The van der Waals surface area contributed by atoms with E-state index in [1.165, 1.54) is 6.26 Å². The summed E-state index contributed by atoms with van der Waals surface area (Å²) in [6.07, 6.45) is 1.76. The molecule has 19 heavy (non-hydrogen) atoms. The first kappa shape index (κ1) is 15.7. The average molecular weight is 286 g/mol. The van der Waals surface area contributed by atoms with Crippen molar-refractivity contribution < 1.29 is 8.42 Å². The molecule has 0 saturated heterocycles. The summed E-state index contributed by atoms with van der Waals surface area (Å²) >= 11 is 0. The molecule has 1 heterocycles. The molecule has 0 unspecified atom stereocenters. The molecule has 0 atom stereocenters. The SMILES string of the molecule is CC(C)(C)c1nc(N)cc(NCCCS(C)(=O)=O)n1. The number of nitrogen functional groups attached to an aromatic ring is 1. The van der Waals surface area contributed by atoms with Gasteiger partial charge >= 0.3 is 0 Å². The predicted octanol–water partition coefficient (Wildman–Crippen LogP) is 1.20. The van der Waals surface area contributed by atoms with Gasteiger partial charge in [0.15, 0.2) is 0 Å². The summed E-state index contributed by atoms with van der Waals surface area (Å²) in [5.74, 6) is 1.86. The molecule has 0 aliphatic rings. The zero-order valence-corrected chi connectivity index (χ0v) is 12.7. The van der Waals surface area contributed by atoms with Crippen LogP contribution < -0.4 is 11.1 Å². The zero-order chi connectivity index (χ0) is 14.7. The van der Waals surface area contributed by atoms with Crippen LogP contribution in [0.5, 0.6) is 0 Å². The molecular formula is C12H22N4O2S. The average Bonchev–Trinajstić information content (AvgIpc) is 2.21. The number of nitrogens with two attached hydrogens (primary N) is 1. The van der Waals surface area contributed by atoms with Gasteiger partial charge in [-0.25, -0.2) is 18.4 Å². The Balaban J connectivity index is 2.67. The van der Waals surface area contributed by atoms with Crippen molar-refractivity contribution in [3.8, 4) is 0 Å². The van der Waals surface area contributed by atoms with Crippen LogP contribution in [0.4, 0.5) is 11.6 Å². The Morgan fingerprint density at radius 1 is 1.32 bits per heavy atom.